The number of unbranched alkanes of at least 4 members (excludes halogenated alkanes) is 1. The van der Waals surface area contributed by atoms with E-state index in [4.69, 9.17) is 14.2 Å². The molecule has 1 aliphatic rings. The van der Waals surface area contributed by atoms with Crippen LogP contribution in [0.25, 0.3) is 0 Å². The predicted octanol–water partition coefficient (Wildman–Crippen LogP) is 2.11. The summed E-state index contributed by atoms with van der Waals surface area (Å²) >= 11 is 0. The third-order valence-electron chi connectivity index (χ3n) is 5.64. The smallest absolute Gasteiger partial charge is 0.323 e. The Balaban J connectivity index is 2.96. The average Bonchev–Trinajstić information content (AvgIpc) is 3.14. The summed E-state index contributed by atoms with van der Waals surface area (Å²) in [5.41, 5.74) is -0.635. The van der Waals surface area contributed by atoms with Crippen molar-refractivity contribution in [1.29, 1.82) is 0 Å². The lowest BCUT2D eigenvalue weighted by Crippen LogP contribution is -2.46. The zero-order valence-electron chi connectivity index (χ0n) is 21.1. The number of methoxy groups -OCH3 is 1. The number of rotatable bonds is 14. The van der Waals surface area contributed by atoms with E-state index in [-0.39, 0.29) is 48.8 Å². The third kappa shape index (κ3) is 11.1. The van der Waals surface area contributed by atoms with Gasteiger partial charge in [0, 0.05) is 51.9 Å². The minimum atomic E-state index is -0.635. The fourth-order valence-electron chi connectivity index (χ4n) is 3.94. The summed E-state index contributed by atoms with van der Waals surface area (Å²) < 4.78 is 16.5. The predicted molar refractivity (Wildman–Crippen MR) is 123 cm³/mol. The minimum Gasteiger partial charge on any atom is -0.466 e. The molecule has 1 saturated heterocycles. The molecule has 33 heavy (non-hydrogen) atoms. The maximum absolute atomic E-state index is 12.8. The van der Waals surface area contributed by atoms with E-state index in [1.165, 1.54) is 6.92 Å². The van der Waals surface area contributed by atoms with Crippen molar-refractivity contribution < 1.29 is 33.4 Å². The molecule has 1 N–H and O–H groups in total. The second-order valence-corrected chi connectivity index (χ2v) is 9.72. The first-order valence-electron chi connectivity index (χ1n) is 11.9. The summed E-state index contributed by atoms with van der Waals surface area (Å²) in [6.07, 6.45) is 3.33. The molecule has 1 aliphatic heterocycles. The molecule has 1 fully saturated rings. The van der Waals surface area contributed by atoms with E-state index in [1.807, 2.05) is 32.6 Å². The van der Waals surface area contributed by atoms with Crippen LogP contribution in [-0.2, 0) is 33.4 Å². The quantitative estimate of drug-likeness (QED) is 0.233. The summed E-state index contributed by atoms with van der Waals surface area (Å²) in [5.74, 6) is -1.25. The molecular formula is C24H42N2O7. The van der Waals surface area contributed by atoms with Crippen molar-refractivity contribution in [3.63, 3.8) is 0 Å². The Kier molecular flexibility index (Phi) is 12.6. The number of ether oxygens (including phenoxy) is 3. The molecule has 1 heterocycles. The Morgan fingerprint density at radius 1 is 1.24 bits per heavy atom. The fraction of sp³-hybridized carbons (Fsp3) is 0.833. The highest BCUT2D eigenvalue weighted by Gasteiger charge is 2.40. The minimum absolute atomic E-state index is 0.170. The molecule has 0 saturated carbocycles. The van der Waals surface area contributed by atoms with Crippen molar-refractivity contribution in [1.82, 2.24) is 10.2 Å². The van der Waals surface area contributed by atoms with E-state index in [2.05, 4.69) is 5.32 Å². The highest BCUT2D eigenvalue weighted by molar-refractivity contribution is 5.77. The standard InChI is InChI=1S/C24H42N2O7/c1-7-8-11-32-22(29)10-9-19(21(31-6)13-25-17(2)28)15-26-14-18(16-27)12-20(26)23(30)33-24(3,4)5/h16,18-21H,7-15H2,1-6H3,(H,25,28). The second-order valence-electron chi connectivity index (χ2n) is 9.72. The monoisotopic (exact) mass is 470 g/mol. The van der Waals surface area contributed by atoms with Gasteiger partial charge in [0.2, 0.25) is 5.91 Å². The first kappa shape index (κ1) is 29.0. The van der Waals surface area contributed by atoms with Gasteiger partial charge in [0.25, 0.3) is 0 Å². The maximum atomic E-state index is 12.8. The molecule has 190 valence electrons. The Morgan fingerprint density at radius 3 is 2.48 bits per heavy atom. The fourth-order valence-corrected chi connectivity index (χ4v) is 3.94. The molecule has 4 unspecified atom stereocenters. The lowest BCUT2D eigenvalue weighted by atomic mass is 9.95. The van der Waals surface area contributed by atoms with Gasteiger partial charge in [-0.15, -0.1) is 0 Å². The molecule has 0 aliphatic carbocycles. The van der Waals surface area contributed by atoms with Crippen LogP contribution >= 0.6 is 0 Å². The molecule has 4 atom stereocenters. The van der Waals surface area contributed by atoms with Crippen LogP contribution in [-0.4, -0.2) is 80.1 Å². The number of nitrogens with zero attached hydrogens (tertiary/aromatic N) is 1. The van der Waals surface area contributed by atoms with Crippen LogP contribution < -0.4 is 5.32 Å². The number of hydrogen-bond donors (Lipinski definition) is 1. The van der Waals surface area contributed by atoms with Gasteiger partial charge in [-0.2, -0.15) is 0 Å². The van der Waals surface area contributed by atoms with Crippen molar-refractivity contribution in [2.24, 2.45) is 11.8 Å². The SMILES string of the molecule is CCCCOC(=O)CCC(CN1CC(C=O)CC1C(=O)OC(C)(C)C)C(CNC(C)=O)OC. The second kappa shape index (κ2) is 14.3. The van der Waals surface area contributed by atoms with Crippen molar-refractivity contribution >= 4 is 24.1 Å². The van der Waals surface area contributed by atoms with Crippen LogP contribution in [0.3, 0.4) is 0 Å². The number of aldehydes is 1. The van der Waals surface area contributed by atoms with Gasteiger partial charge < -0.3 is 24.3 Å². The van der Waals surface area contributed by atoms with Gasteiger partial charge in [0.05, 0.1) is 12.7 Å². The number of carbonyl (C=O) groups excluding carboxylic acids is 4. The molecule has 0 aromatic heterocycles. The van der Waals surface area contributed by atoms with E-state index >= 15 is 0 Å². The van der Waals surface area contributed by atoms with Gasteiger partial charge in [-0.3, -0.25) is 19.3 Å². The molecule has 9 heteroatoms. The molecular weight excluding hydrogens is 428 g/mol. The van der Waals surface area contributed by atoms with Crippen molar-refractivity contribution in [3.8, 4) is 0 Å². The van der Waals surface area contributed by atoms with Crippen molar-refractivity contribution in [3.05, 3.63) is 0 Å². The molecule has 1 rings (SSSR count). The number of carbonyl (C=O) groups is 4. The summed E-state index contributed by atoms with van der Waals surface area (Å²) in [6, 6.07) is -0.545. The normalized spacial score (nSPS) is 20.7. The number of nitrogens with one attached hydrogen (secondary N) is 1. The average molecular weight is 471 g/mol. The van der Waals surface area contributed by atoms with Crippen LogP contribution in [0.5, 0.6) is 0 Å². The molecule has 0 radical (unpaired) electrons. The molecule has 0 aromatic rings. The summed E-state index contributed by atoms with van der Waals surface area (Å²) in [6.45, 7) is 10.4. The van der Waals surface area contributed by atoms with Gasteiger partial charge in [-0.05, 0) is 40.0 Å². The van der Waals surface area contributed by atoms with E-state index in [0.717, 1.165) is 19.1 Å². The van der Waals surface area contributed by atoms with Crippen LogP contribution in [0.4, 0.5) is 0 Å². The van der Waals surface area contributed by atoms with Crippen molar-refractivity contribution in [2.45, 2.75) is 84.5 Å². The molecule has 0 aromatic carbocycles. The molecule has 0 bridgehead atoms. The largest absolute Gasteiger partial charge is 0.466 e. The van der Waals surface area contributed by atoms with E-state index in [0.29, 0.717) is 32.5 Å². The highest BCUT2D eigenvalue weighted by atomic mass is 16.6. The van der Waals surface area contributed by atoms with E-state index in [9.17, 15) is 19.2 Å². The number of likely N-dealkylation sites (tertiary alicyclic amines) is 1. The van der Waals surface area contributed by atoms with Gasteiger partial charge >= 0.3 is 11.9 Å². The Bertz CT molecular complexity index is 647. The van der Waals surface area contributed by atoms with Crippen LogP contribution in [0.1, 0.15) is 66.7 Å². The van der Waals surface area contributed by atoms with E-state index in [1.54, 1.807) is 7.11 Å². The molecule has 9 nitrogen and oxygen atoms in total. The molecule has 1 amide bonds. The lowest BCUT2D eigenvalue weighted by molar-refractivity contribution is -0.161. The van der Waals surface area contributed by atoms with E-state index < -0.39 is 11.6 Å². The zero-order valence-corrected chi connectivity index (χ0v) is 21.1. The molecule has 0 spiro atoms. The van der Waals surface area contributed by atoms with Crippen molar-refractivity contribution in [2.75, 3.05) is 33.4 Å². The first-order valence-corrected chi connectivity index (χ1v) is 11.9. The van der Waals surface area contributed by atoms with Crippen LogP contribution in [0.2, 0.25) is 0 Å². The Hall–Kier alpha value is -2.00. The number of amides is 1. The van der Waals surface area contributed by atoms with Gasteiger partial charge in [-0.25, -0.2) is 0 Å². The topological polar surface area (TPSA) is 111 Å². The Morgan fingerprint density at radius 2 is 1.94 bits per heavy atom. The Labute approximate surface area is 197 Å². The summed E-state index contributed by atoms with van der Waals surface area (Å²) in [4.78, 5) is 49.9. The van der Waals surface area contributed by atoms with Gasteiger partial charge in [-0.1, -0.05) is 13.3 Å². The van der Waals surface area contributed by atoms with Crippen LogP contribution in [0.15, 0.2) is 0 Å². The van der Waals surface area contributed by atoms with Gasteiger partial charge in [0.15, 0.2) is 0 Å². The lowest BCUT2D eigenvalue weighted by Gasteiger charge is -2.33. The summed E-state index contributed by atoms with van der Waals surface area (Å²) in [5, 5.41) is 2.77. The van der Waals surface area contributed by atoms with Crippen LogP contribution in [0, 0.1) is 11.8 Å². The first-order chi connectivity index (χ1) is 15.5. The summed E-state index contributed by atoms with van der Waals surface area (Å²) in [7, 11) is 1.56. The number of hydrogen-bond acceptors (Lipinski definition) is 8. The number of esters is 2. The maximum Gasteiger partial charge on any atom is 0.323 e. The van der Waals surface area contributed by atoms with Gasteiger partial charge in [0.1, 0.15) is 17.9 Å². The third-order valence-corrected chi connectivity index (χ3v) is 5.64. The zero-order chi connectivity index (χ0) is 25.0. The highest BCUT2D eigenvalue weighted by Crippen LogP contribution is 2.28.